The lowest BCUT2D eigenvalue weighted by Gasteiger charge is -2.16. The highest BCUT2D eigenvalue weighted by molar-refractivity contribution is 6.12. The Bertz CT molecular complexity index is 8460. The van der Waals surface area contributed by atoms with Crippen molar-refractivity contribution in [2.75, 3.05) is 0 Å². The van der Waals surface area contributed by atoms with Gasteiger partial charge in [-0.25, -0.2) is 0 Å². The Morgan fingerprint density at radius 3 is 0.902 bits per heavy atom. The molecule has 0 N–H and O–H groups in total. The van der Waals surface area contributed by atoms with Crippen LogP contribution in [-0.4, -0.2) is 13.7 Å². The quantitative estimate of drug-likeness (QED) is 0.116. The third-order valence-corrected chi connectivity index (χ3v) is 27.8. The van der Waals surface area contributed by atoms with E-state index >= 15 is 0 Å². The molecule has 21 aromatic carbocycles. The van der Waals surface area contributed by atoms with E-state index in [1.165, 1.54) is 249 Å². The normalized spacial score (nSPS) is 12.0. The van der Waals surface area contributed by atoms with Gasteiger partial charge in [0.05, 0.1) is 38.8 Å². The fraction of sp³-hybridized carbons (Fsp3) is 0.0233. The average molecular weight is 1680 g/mol. The van der Waals surface area contributed by atoms with E-state index in [2.05, 4.69) is 505 Å². The second-order valence-electron chi connectivity index (χ2n) is 35.2. The molecule has 0 aliphatic heterocycles. The summed E-state index contributed by atoms with van der Waals surface area (Å²) in [6.45, 7) is 0. The van der Waals surface area contributed by atoms with Crippen molar-refractivity contribution in [3.63, 3.8) is 0 Å². The number of hydrogen-bond donors (Lipinski definition) is 0. The maximum atomic E-state index is 2.47. The molecule has 0 saturated heterocycles. The summed E-state index contributed by atoms with van der Waals surface area (Å²) in [6.07, 6.45) is 2.82. The molecule has 0 radical (unpaired) electrons. The van der Waals surface area contributed by atoms with Crippen molar-refractivity contribution in [3.8, 4) is 151 Å². The number of aromatic nitrogens is 3. The topological polar surface area (TPSA) is 14.8 Å². The fourth-order valence-corrected chi connectivity index (χ4v) is 21.5. The number of para-hydroxylation sites is 6. The van der Waals surface area contributed by atoms with E-state index < -0.39 is 0 Å². The first-order valence-electron chi connectivity index (χ1n) is 46.0. The molecule has 0 spiro atoms. The van der Waals surface area contributed by atoms with Crippen LogP contribution in [0.1, 0.15) is 33.4 Å². The van der Waals surface area contributed by atoms with Gasteiger partial charge >= 0.3 is 0 Å². The number of hydrogen-bond acceptors (Lipinski definition) is 0. The van der Waals surface area contributed by atoms with Crippen LogP contribution in [0, 0.1) is 0 Å². The molecule has 3 nitrogen and oxygen atoms in total. The van der Waals surface area contributed by atoms with Crippen LogP contribution in [0.15, 0.2) is 491 Å². The molecule has 3 heteroatoms. The van der Waals surface area contributed by atoms with Crippen LogP contribution < -0.4 is 0 Å². The van der Waals surface area contributed by atoms with E-state index in [1.54, 1.807) is 0 Å². The van der Waals surface area contributed by atoms with Crippen molar-refractivity contribution in [2.45, 2.75) is 19.3 Å². The van der Waals surface area contributed by atoms with Gasteiger partial charge in [0.25, 0.3) is 0 Å². The van der Waals surface area contributed by atoms with Crippen LogP contribution in [-0.2, 0) is 19.3 Å². The molecule has 3 aliphatic carbocycles. The van der Waals surface area contributed by atoms with Gasteiger partial charge in [-0.05, 0) is 265 Å². The van der Waals surface area contributed by atoms with Crippen LogP contribution in [0.2, 0.25) is 0 Å². The molecule has 0 bridgehead atoms. The molecule has 0 amide bonds. The molecule has 27 rings (SSSR count). The fourth-order valence-electron chi connectivity index (χ4n) is 21.5. The van der Waals surface area contributed by atoms with Gasteiger partial charge in [0.1, 0.15) is 0 Å². The van der Waals surface area contributed by atoms with Gasteiger partial charge in [-0.1, -0.05) is 406 Å². The van der Waals surface area contributed by atoms with E-state index in [4.69, 9.17) is 0 Å². The zero-order valence-electron chi connectivity index (χ0n) is 72.7. The van der Waals surface area contributed by atoms with Crippen molar-refractivity contribution >= 4 is 65.4 Å². The van der Waals surface area contributed by atoms with E-state index in [-0.39, 0.29) is 0 Å². The zero-order valence-corrected chi connectivity index (χ0v) is 72.7. The second kappa shape index (κ2) is 32.7. The molecule has 24 aromatic rings. The molecule has 3 aliphatic rings. The van der Waals surface area contributed by atoms with Crippen molar-refractivity contribution in [1.29, 1.82) is 0 Å². The minimum absolute atomic E-state index is 0.927. The van der Waals surface area contributed by atoms with E-state index in [1.807, 2.05) is 0 Å². The maximum absolute atomic E-state index is 2.47. The lowest BCUT2D eigenvalue weighted by Crippen LogP contribution is -1.98. The Morgan fingerprint density at radius 1 is 0.136 bits per heavy atom. The Hall–Kier alpha value is -17.0. The van der Waals surface area contributed by atoms with Gasteiger partial charge in [-0.3, -0.25) is 0 Å². The summed E-state index contributed by atoms with van der Waals surface area (Å²) in [5, 5.41) is 7.75. The number of nitrogens with zero attached hydrogens (tertiary/aromatic N) is 3. The Kier molecular flexibility index (Phi) is 19.2. The van der Waals surface area contributed by atoms with Crippen molar-refractivity contribution in [1.82, 2.24) is 13.7 Å². The highest BCUT2D eigenvalue weighted by Crippen LogP contribution is 2.51. The van der Waals surface area contributed by atoms with Gasteiger partial charge in [0, 0.05) is 50.1 Å². The van der Waals surface area contributed by atoms with Crippen molar-refractivity contribution < 1.29 is 0 Å². The average Bonchev–Trinajstić information content (AvgIpc) is 1.58. The summed E-state index contributed by atoms with van der Waals surface area (Å²) in [5.74, 6) is 0. The minimum Gasteiger partial charge on any atom is -0.309 e. The predicted molar refractivity (Wildman–Crippen MR) is 556 cm³/mol. The SMILES string of the molecule is c1ccc(-c2ccc(-c3cccc(-c4cc(-n5c6ccccc6c6ccccc65)cc5c4Cc4ccccc4-5)c3)cc2)cc1.c1ccc(-c2ccc(-c3cccc(-c4cccc5c4-c4cccc(-n6c7ccccc7c7ccccc76)c4C5)c3)cc2)cc1.c1ccc(-c2ccc(-c3cccc(-c4cccc5c4Cc4ccc(-n6c7ccccc7c7ccccc76)cc4-5)c3)cc2)cc1. The highest BCUT2D eigenvalue weighted by Gasteiger charge is 2.30. The molecule has 0 fully saturated rings. The molecular formula is C129H87N3. The largest absolute Gasteiger partial charge is 0.309 e. The zero-order chi connectivity index (χ0) is 87.1. The molecule has 618 valence electrons. The predicted octanol–water partition coefficient (Wildman–Crippen LogP) is 34.1. The summed E-state index contributed by atoms with van der Waals surface area (Å²) in [4.78, 5) is 0. The lowest BCUT2D eigenvalue weighted by atomic mass is 9.92. The van der Waals surface area contributed by atoms with Gasteiger partial charge < -0.3 is 13.7 Å². The van der Waals surface area contributed by atoms with Crippen molar-refractivity contribution in [2.24, 2.45) is 0 Å². The minimum atomic E-state index is 0.927. The summed E-state index contributed by atoms with van der Waals surface area (Å²) in [7, 11) is 0. The third-order valence-electron chi connectivity index (χ3n) is 27.8. The first-order valence-corrected chi connectivity index (χ1v) is 46.0. The van der Waals surface area contributed by atoms with Crippen LogP contribution >= 0.6 is 0 Å². The van der Waals surface area contributed by atoms with Crippen LogP contribution in [0.5, 0.6) is 0 Å². The molecule has 0 unspecified atom stereocenters. The van der Waals surface area contributed by atoms with Gasteiger partial charge in [-0.15, -0.1) is 0 Å². The van der Waals surface area contributed by atoms with E-state index in [0.717, 1.165) is 19.3 Å². The summed E-state index contributed by atoms with van der Waals surface area (Å²) in [6, 6.07) is 179. The van der Waals surface area contributed by atoms with Crippen LogP contribution in [0.4, 0.5) is 0 Å². The molecule has 0 saturated carbocycles. The lowest BCUT2D eigenvalue weighted by molar-refractivity contribution is 1.12. The number of fused-ring (bicyclic) bond motifs is 18. The van der Waals surface area contributed by atoms with Gasteiger partial charge in [0.15, 0.2) is 0 Å². The number of benzene rings is 21. The standard InChI is InChI=1S/3C43H29N/c1-2-11-29(12-3-1)30-23-25-31(26-24-30)32-13-8-14-33(27-32)35-18-9-15-34-28-39-38(43(34)35)19-10-22-42(39)44-40-20-6-4-16-36(40)37-17-5-7-21-41(37)44;1-2-10-29(11-3-1)30-20-22-31(23-21-30)32-12-8-13-33(26-32)36-16-9-17-37-40-28-35(25-24-34(40)27-41(36)37)44-42-18-6-4-14-38(42)39-15-5-7-19-43(39)44;1-2-11-29(12-3-1)30-21-23-31(24-22-30)32-14-10-15-33(25-32)39-27-35(28-41-36-16-5-4-13-34(36)26-40(39)41)44-42-19-8-6-17-37(42)38-18-7-9-20-43(38)44/h1-27H,28H2;1-26,28H,27H2;1-25,27-28H,26H2. The molecule has 0 atom stereocenters. The summed E-state index contributed by atoms with van der Waals surface area (Å²) < 4.78 is 7.33. The third kappa shape index (κ3) is 13.6. The Morgan fingerprint density at radius 2 is 0.424 bits per heavy atom. The first kappa shape index (κ1) is 77.4. The first-order chi connectivity index (χ1) is 65.5. The second-order valence-corrected chi connectivity index (χ2v) is 35.2. The van der Waals surface area contributed by atoms with Gasteiger partial charge in [0.2, 0.25) is 0 Å². The van der Waals surface area contributed by atoms with Crippen LogP contribution in [0.25, 0.3) is 216 Å². The van der Waals surface area contributed by atoms with Crippen LogP contribution in [0.3, 0.4) is 0 Å². The summed E-state index contributed by atoms with van der Waals surface area (Å²) in [5.41, 5.74) is 50.2. The van der Waals surface area contributed by atoms with E-state index in [9.17, 15) is 0 Å². The molecular weight excluding hydrogens is 1590 g/mol. The monoisotopic (exact) mass is 1680 g/mol. The number of rotatable bonds is 12. The van der Waals surface area contributed by atoms with Crippen molar-refractivity contribution in [3.05, 3.63) is 525 Å². The smallest absolute Gasteiger partial charge is 0.0541 e. The van der Waals surface area contributed by atoms with Gasteiger partial charge in [-0.2, -0.15) is 0 Å². The Labute approximate surface area is 768 Å². The molecule has 3 aromatic heterocycles. The maximum Gasteiger partial charge on any atom is 0.0541 e. The highest BCUT2D eigenvalue weighted by atomic mass is 15.0. The Balaban J connectivity index is 0.000000106. The molecule has 3 heterocycles. The van der Waals surface area contributed by atoms with E-state index in [0.29, 0.717) is 0 Å². The summed E-state index contributed by atoms with van der Waals surface area (Å²) >= 11 is 0. The molecule has 132 heavy (non-hydrogen) atoms.